The first kappa shape index (κ1) is 17.0. The van der Waals surface area contributed by atoms with Gasteiger partial charge in [-0.1, -0.05) is 45.6 Å². The van der Waals surface area contributed by atoms with Gasteiger partial charge in [0, 0.05) is 6.04 Å². The fourth-order valence-electron chi connectivity index (χ4n) is 2.87. The van der Waals surface area contributed by atoms with Gasteiger partial charge in [0.05, 0.1) is 4.88 Å². The average molecular weight is 322 g/mol. The van der Waals surface area contributed by atoms with Crippen LogP contribution in [0.4, 0.5) is 0 Å². The number of hydrogen-bond donors (Lipinski definition) is 2. The summed E-state index contributed by atoms with van der Waals surface area (Å²) in [5, 5.41) is 7.89. The van der Waals surface area contributed by atoms with Crippen LogP contribution in [0.1, 0.15) is 62.0 Å². The Kier molecular flexibility index (Phi) is 6.43. The van der Waals surface area contributed by atoms with Gasteiger partial charge in [-0.15, -0.1) is 11.3 Å². The Hall–Kier alpha value is -1.36. The summed E-state index contributed by atoms with van der Waals surface area (Å²) < 4.78 is 0. The van der Waals surface area contributed by atoms with Gasteiger partial charge in [0.15, 0.2) is 0 Å². The Morgan fingerprint density at radius 2 is 1.86 bits per heavy atom. The van der Waals surface area contributed by atoms with Gasteiger partial charge < -0.3 is 10.6 Å². The molecule has 1 aromatic heterocycles. The Morgan fingerprint density at radius 1 is 1.18 bits per heavy atom. The fourth-order valence-corrected chi connectivity index (χ4v) is 3.50. The lowest BCUT2D eigenvalue weighted by atomic mass is 10.0. The molecule has 1 saturated carbocycles. The molecule has 1 fully saturated rings. The van der Waals surface area contributed by atoms with Crippen molar-refractivity contribution in [1.29, 1.82) is 0 Å². The van der Waals surface area contributed by atoms with Gasteiger partial charge in [-0.2, -0.15) is 0 Å². The van der Waals surface area contributed by atoms with Crippen molar-refractivity contribution in [2.24, 2.45) is 5.92 Å². The highest BCUT2D eigenvalue weighted by atomic mass is 32.1. The lowest BCUT2D eigenvalue weighted by Gasteiger charge is -2.25. The van der Waals surface area contributed by atoms with E-state index in [1.165, 1.54) is 37.0 Å². The molecule has 2 rings (SSSR count). The fraction of sp³-hybridized carbons (Fsp3) is 0.647. The van der Waals surface area contributed by atoms with Crippen molar-refractivity contribution in [1.82, 2.24) is 10.6 Å². The van der Waals surface area contributed by atoms with E-state index in [2.05, 4.69) is 10.6 Å². The van der Waals surface area contributed by atoms with Crippen molar-refractivity contribution in [2.45, 2.75) is 64.5 Å². The van der Waals surface area contributed by atoms with Crippen molar-refractivity contribution < 1.29 is 9.59 Å². The van der Waals surface area contributed by atoms with Gasteiger partial charge in [-0.25, -0.2) is 0 Å². The highest BCUT2D eigenvalue weighted by Gasteiger charge is 2.27. The molecule has 1 atom stereocenters. The third-order valence-corrected chi connectivity index (χ3v) is 5.05. The minimum atomic E-state index is -0.474. The van der Waals surface area contributed by atoms with Crippen molar-refractivity contribution in [2.75, 3.05) is 0 Å². The van der Waals surface area contributed by atoms with Gasteiger partial charge in [0.2, 0.25) is 5.91 Å². The molecule has 1 aliphatic rings. The maximum absolute atomic E-state index is 12.5. The summed E-state index contributed by atoms with van der Waals surface area (Å²) >= 11 is 1.39. The van der Waals surface area contributed by atoms with E-state index in [1.807, 2.05) is 25.3 Å². The minimum Gasteiger partial charge on any atom is -0.352 e. The summed E-state index contributed by atoms with van der Waals surface area (Å²) in [7, 11) is 0. The summed E-state index contributed by atoms with van der Waals surface area (Å²) in [4.78, 5) is 25.4. The third-order valence-electron chi connectivity index (χ3n) is 4.18. The Labute approximate surface area is 136 Å². The lowest BCUT2D eigenvalue weighted by molar-refractivity contribution is -0.124. The zero-order valence-corrected chi connectivity index (χ0v) is 14.2. The van der Waals surface area contributed by atoms with Crippen LogP contribution in [0.2, 0.25) is 0 Å². The molecule has 0 saturated heterocycles. The molecule has 0 aliphatic heterocycles. The van der Waals surface area contributed by atoms with Gasteiger partial charge in [-0.3, -0.25) is 9.59 Å². The van der Waals surface area contributed by atoms with Crippen LogP contribution in [0.3, 0.4) is 0 Å². The molecular weight excluding hydrogens is 296 g/mol. The van der Waals surface area contributed by atoms with Gasteiger partial charge in [0.25, 0.3) is 5.91 Å². The molecular formula is C17H26N2O2S. The zero-order chi connectivity index (χ0) is 15.9. The van der Waals surface area contributed by atoms with E-state index < -0.39 is 6.04 Å². The van der Waals surface area contributed by atoms with Crippen LogP contribution >= 0.6 is 11.3 Å². The van der Waals surface area contributed by atoms with Gasteiger partial charge in [0.1, 0.15) is 6.04 Å². The van der Waals surface area contributed by atoms with Crippen LogP contribution in [-0.2, 0) is 4.79 Å². The Bertz CT molecular complexity index is 477. The van der Waals surface area contributed by atoms with Crippen LogP contribution in [0.15, 0.2) is 17.5 Å². The molecule has 0 aromatic carbocycles. The standard InChI is InChI=1S/C17H26N2O2S/c1-12(2)15(19-16(20)14-10-7-11-22-14)17(21)18-13-8-5-3-4-6-9-13/h7,10-13,15H,3-6,8-9H2,1-2H3,(H,18,21)(H,19,20)/t15-/m0/s1. The molecule has 0 radical (unpaired) electrons. The van der Waals surface area contributed by atoms with E-state index in [1.54, 1.807) is 6.07 Å². The van der Waals surface area contributed by atoms with Crippen LogP contribution < -0.4 is 10.6 Å². The minimum absolute atomic E-state index is 0.0493. The zero-order valence-electron chi connectivity index (χ0n) is 13.4. The van der Waals surface area contributed by atoms with Gasteiger partial charge in [-0.05, 0) is 30.2 Å². The van der Waals surface area contributed by atoms with Crippen LogP contribution in [0.25, 0.3) is 0 Å². The third kappa shape index (κ3) is 4.83. The number of thiophene rings is 1. The first-order valence-electron chi connectivity index (χ1n) is 8.22. The largest absolute Gasteiger partial charge is 0.352 e. The predicted octanol–water partition coefficient (Wildman–Crippen LogP) is 3.34. The average Bonchev–Trinajstić information content (AvgIpc) is 2.90. The summed E-state index contributed by atoms with van der Waals surface area (Å²) in [5.74, 6) is -0.147. The number of rotatable bonds is 5. The highest BCUT2D eigenvalue weighted by Crippen LogP contribution is 2.18. The molecule has 1 aliphatic carbocycles. The Balaban J connectivity index is 1.94. The molecule has 0 bridgehead atoms. The van der Waals surface area contributed by atoms with Crippen molar-refractivity contribution in [3.8, 4) is 0 Å². The summed E-state index contributed by atoms with van der Waals surface area (Å²) in [6.07, 6.45) is 6.98. The number of carbonyl (C=O) groups excluding carboxylic acids is 2. The summed E-state index contributed by atoms with van der Waals surface area (Å²) in [6, 6.07) is 3.41. The normalized spacial score (nSPS) is 17.8. The Morgan fingerprint density at radius 3 is 2.41 bits per heavy atom. The van der Waals surface area contributed by atoms with Crippen molar-refractivity contribution in [3.05, 3.63) is 22.4 Å². The maximum atomic E-state index is 12.5. The van der Waals surface area contributed by atoms with E-state index >= 15 is 0 Å². The molecule has 2 amide bonds. The van der Waals surface area contributed by atoms with Crippen molar-refractivity contribution >= 4 is 23.2 Å². The van der Waals surface area contributed by atoms with E-state index in [4.69, 9.17) is 0 Å². The SMILES string of the molecule is CC(C)[C@H](NC(=O)c1cccs1)C(=O)NC1CCCCCC1. The molecule has 122 valence electrons. The molecule has 4 nitrogen and oxygen atoms in total. The number of amides is 2. The number of hydrogen-bond acceptors (Lipinski definition) is 3. The van der Waals surface area contributed by atoms with Crippen LogP contribution in [-0.4, -0.2) is 23.9 Å². The van der Waals surface area contributed by atoms with E-state index in [0.29, 0.717) is 4.88 Å². The second-order valence-electron chi connectivity index (χ2n) is 6.37. The van der Waals surface area contributed by atoms with Crippen LogP contribution in [0.5, 0.6) is 0 Å². The van der Waals surface area contributed by atoms with Crippen LogP contribution in [0, 0.1) is 5.92 Å². The molecule has 5 heteroatoms. The second-order valence-corrected chi connectivity index (χ2v) is 7.32. The molecule has 0 spiro atoms. The highest BCUT2D eigenvalue weighted by molar-refractivity contribution is 7.12. The molecule has 1 heterocycles. The van der Waals surface area contributed by atoms with Gasteiger partial charge >= 0.3 is 0 Å². The number of carbonyl (C=O) groups is 2. The first-order valence-corrected chi connectivity index (χ1v) is 9.10. The first-order chi connectivity index (χ1) is 10.6. The lowest BCUT2D eigenvalue weighted by Crippen LogP contribution is -2.52. The summed E-state index contributed by atoms with van der Waals surface area (Å²) in [5.41, 5.74) is 0. The predicted molar refractivity (Wildman–Crippen MR) is 90.0 cm³/mol. The smallest absolute Gasteiger partial charge is 0.262 e. The molecule has 2 N–H and O–H groups in total. The maximum Gasteiger partial charge on any atom is 0.262 e. The summed E-state index contributed by atoms with van der Waals surface area (Å²) in [6.45, 7) is 3.93. The number of nitrogens with one attached hydrogen (secondary N) is 2. The topological polar surface area (TPSA) is 58.2 Å². The van der Waals surface area contributed by atoms with E-state index in [0.717, 1.165) is 12.8 Å². The second kappa shape index (κ2) is 8.32. The molecule has 0 unspecified atom stereocenters. The molecule has 22 heavy (non-hydrogen) atoms. The van der Waals surface area contributed by atoms with Crippen molar-refractivity contribution in [3.63, 3.8) is 0 Å². The van der Waals surface area contributed by atoms with E-state index in [9.17, 15) is 9.59 Å². The molecule has 1 aromatic rings. The quantitative estimate of drug-likeness (QED) is 0.817. The monoisotopic (exact) mass is 322 g/mol. The van der Waals surface area contributed by atoms with E-state index in [-0.39, 0.29) is 23.8 Å².